The van der Waals surface area contributed by atoms with Crippen molar-refractivity contribution in [3.8, 4) is 28.7 Å². The standard InChI is InChI=1S/C25H29N7O2S/c1-31-23(21-8-3-4-13-26-21)28-30-25(31)35-18-22-27-29-24(34-22)19-9-11-20(12-10-19)33-17-7-16-32-14-5-2-6-15-32/h3-4,8-13H,2,5-7,14-18H2,1H3. The molecule has 0 aliphatic carbocycles. The van der Waals surface area contributed by atoms with E-state index in [2.05, 4.69) is 30.3 Å². The van der Waals surface area contributed by atoms with Gasteiger partial charge in [-0.05, 0) is 68.8 Å². The highest BCUT2D eigenvalue weighted by Crippen LogP contribution is 2.26. The molecule has 9 nitrogen and oxygen atoms in total. The van der Waals surface area contributed by atoms with Crippen molar-refractivity contribution in [1.29, 1.82) is 0 Å². The highest BCUT2D eigenvalue weighted by Gasteiger charge is 2.15. The predicted molar refractivity (Wildman–Crippen MR) is 134 cm³/mol. The third-order valence-corrected chi connectivity index (χ3v) is 6.96. The Morgan fingerprint density at radius 3 is 2.63 bits per heavy atom. The van der Waals surface area contributed by atoms with Gasteiger partial charge in [0.25, 0.3) is 0 Å². The van der Waals surface area contributed by atoms with E-state index in [1.54, 1.807) is 6.20 Å². The molecule has 182 valence electrons. The molecule has 4 heterocycles. The van der Waals surface area contributed by atoms with Gasteiger partial charge in [0.15, 0.2) is 11.0 Å². The second-order valence-electron chi connectivity index (χ2n) is 8.50. The fourth-order valence-electron chi connectivity index (χ4n) is 4.07. The molecule has 0 unspecified atom stereocenters. The molecule has 0 N–H and O–H groups in total. The summed E-state index contributed by atoms with van der Waals surface area (Å²) < 4.78 is 13.7. The third-order valence-electron chi connectivity index (χ3n) is 5.96. The van der Waals surface area contributed by atoms with Crippen molar-refractivity contribution in [2.45, 2.75) is 36.6 Å². The minimum absolute atomic E-state index is 0.490. The van der Waals surface area contributed by atoms with E-state index < -0.39 is 0 Å². The van der Waals surface area contributed by atoms with Crippen LogP contribution in [-0.4, -0.2) is 61.1 Å². The number of nitrogens with zero attached hydrogens (tertiary/aromatic N) is 7. The lowest BCUT2D eigenvalue weighted by Crippen LogP contribution is -2.31. The third kappa shape index (κ3) is 6.07. The quantitative estimate of drug-likeness (QED) is 0.235. The molecule has 1 saturated heterocycles. The van der Waals surface area contributed by atoms with Crippen LogP contribution in [0.3, 0.4) is 0 Å². The van der Waals surface area contributed by atoms with Crippen molar-refractivity contribution in [3.63, 3.8) is 0 Å². The first kappa shape index (κ1) is 23.5. The van der Waals surface area contributed by atoms with Crippen LogP contribution in [0.1, 0.15) is 31.6 Å². The first-order chi connectivity index (χ1) is 17.3. The zero-order chi connectivity index (χ0) is 23.9. The Labute approximate surface area is 208 Å². The summed E-state index contributed by atoms with van der Waals surface area (Å²) in [6, 6.07) is 13.5. The largest absolute Gasteiger partial charge is 0.494 e. The molecule has 0 bridgehead atoms. The molecular formula is C25H29N7O2S. The Bertz CT molecular complexity index is 1200. The molecule has 0 atom stereocenters. The van der Waals surface area contributed by atoms with Crippen molar-refractivity contribution < 1.29 is 9.15 Å². The van der Waals surface area contributed by atoms with Crippen molar-refractivity contribution in [2.24, 2.45) is 7.05 Å². The van der Waals surface area contributed by atoms with Gasteiger partial charge in [-0.3, -0.25) is 4.98 Å². The van der Waals surface area contributed by atoms with Gasteiger partial charge in [0.05, 0.1) is 12.4 Å². The molecule has 0 saturated carbocycles. The monoisotopic (exact) mass is 491 g/mol. The molecule has 0 spiro atoms. The number of thioether (sulfide) groups is 1. The van der Waals surface area contributed by atoms with Crippen LogP contribution in [0.15, 0.2) is 58.2 Å². The van der Waals surface area contributed by atoms with E-state index in [9.17, 15) is 0 Å². The second-order valence-corrected chi connectivity index (χ2v) is 9.44. The van der Waals surface area contributed by atoms with E-state index in [-0.39, 0.29) is 0 Å². The lowest BCUT2D eigenvalue weighted by atomic mass is 10.1. The maximum absolute atomic E-state index is 5.91. The van der Waals surface area contributed by atoms with Gasteiger partial charge in [-0.2, -0.15) is 0 Å². The summed E-state index contributed by atoms with van der Waals surface area (Å²) in [5.41, 5.74) is 1.65. The summed E-state index contributed by atoms with van der Waals surface area (Å²) in [7, 11) is 1.92. The Morgan fingerprint density at radius 1 is 0.971 bits per heavy atom. The number of rotatable bonds is 10. The van der Waals surface area contributed by atoms with Gasteiger partial charge in [0, 0.05) is 25.4 Å². The number of ether oxygens (including phenoxy) is 1. The van der Waals surface area contributed by atoms with Gasteiger partial charge < -0.3 is 18.6 Å². The first-order valence-electron chi connectivity index (χ1n) is 12.0. The molecule has 35 heavy (non-hydrogen) atoms. The Hall–Kier alpha value is -3.24. The van der Waals surface area contributed by atoms with E-state index in [0.717, 1.165) is 41.7 Å². The number of benzene rings is 1. The summed E-state index contributed by atoms with van der Waals surface area (Å²) in [6.45, 7) is 4.29. The van der Waals surface area contributed by atoms with E-state index in [1.807, 2.05) is 54.1 Å². The van der Waals surface area contributed by atoms with Crippen LogP contribution in [0.2, 0.25) is 0 Å². The minimum Gasteiger partial charge on any atom is -0.494 e. The molecule has 1 aromatic carbocycles. The van der Waals surface area contributed by atoms with Crippen LogP contribution in [0.4, 0.5) is 0 Å². The van der Waals surface area contributed by atoms with E-state index >= 15 is 0 Å². The van der Waals surface area contributed by atoms with Gasteiger partial charge >= 0.3 is 0 Å². The molecule has 5 rings (SSSR count). The van der Waals surface area contributed by atoms with E-state index in [4.69, 9.17) is 9.15 Å². The molecular weight excluding hydrogens is 462 g/mol. The van der Waals surface area contributed by atoms with Gasteiger partial charge in [-0.25, -0.2) is 0 Å². The second kappa shape index (κ2) is 11.5. The summed E-state index contributed by atoms with van der Waals surface area (Å²) in [4.78, 5) is 6.87. The van der Waals surface area contributed by atoms with Crippen molar-refractivity contribution in [1.82, 2.24) is 34.8 Å². The van der Waals surface area contributed by atoms with Crippen LogP contribution in [0, 0.1) is 0 Å². The highest BCUT2D eigenvalue weighted by atomic mass is 32.2. The number of likely N-dealkylation sites (tertiary alicyclic amines) is 1. The molecule has 3 aromatic heterocycles. The number of piperidine rings is 1. The lowest BCUT2D eigenvalue weighted by Gasteiger charge is -2.26. The molecule has 0 amide bonds. The van der Waals surface area contributed by atoms with Crippen LogP contribution >= 0.6 is 11.8 Å². The van der Waals surface area contributed by atoms with Crippen LogP contribution in [0.5, 0.6) is 5.75 Å². The molecule has 4 aromatic rings. The number of pyridine rings is 1. The molecule has 0 radical (unpaired) electrons. The van der Waals surface area contributed by atoms with Crippen LogP contribution in [0.25, 0.3) is 23.0 Å². The number of aromatic nitrogens is 6. The number of hydrogen-bond acceptors (Lipinski definition) is 9. The first-order valence-corrected chi connectivity index (χ1v) is 13.0. The Balaban J connectivity index is 1.11. The molecule has 10 heteroatoms. The van der Waals surface area contributed by atoms with Gasteiger partial charge in [0.1, 0.15) is 11.4 Å². The Kier molecular flexibility index (Phi) is 7.69. The summed E-state index contributed by atoms with van der Waals surface area (Å²) in [5, 5.41) is 17.7. The fraction of sp³-hybridized carbons (Fsp3) is 0.400. The molecule has 1 fully saturated rings. The van der Waals surface area contributed by atoms with Crippen molar-refractivity contribution in [2.75, 3.05) is 26.2 Å². The van der Waals surface area contributed by atoms with E-state index in [1.165, 1.54) is 44.1 Å². The van der Waals surface area contributed by atoms with Gasteiger partial charge in [-0.1, -0.05) is 24.2 Å². The normalized spacial score (nSPS) is 14.3. The average Bonchev–Trinajstić information content (AvgIpc) is 3.53. The topological polar surface area (TPSA) is 95.0 Å². The van der Waals surface area contributed by atoms with Gasteiger partial charge in [0.2, 0.25) is 11.8 Å². The lowest BCUT2D eigenvalue weighted by molar-refractivity contribution is 0.205. The van der Waals surface area contributed by atoms with Crippen LogP contribution < -0.4 is 4.74 Å². The summed E-state index contributed by atoms with van der Waals surface area (Å²) in [5.74, 6) is 3.09. The summed E-state index contributed by atoms with van der Waals surface area (Å²) in [6.07, 6.45) is 6.80. The van der Waals surface area contributed by atoms with Crippen LogP contribution in [-0.2, 0) is 12.8 Å². The maximum atomic E-state index is 5.91. The number of hydrogen-bond donors (Lipinski definition) is 0. The van der Waals surface area contributed by atoms with Crippen molar-refractivity contribution >= 4 is 11.8 Å². The highest BCUT2D eigenvalue weighted by molar-refractivity contribution is 7.98. The van der Waals surface area contributed by atoms with E-state index in [0.29, 0.717) is 23.4 Å². The minimum atomic E-state index is 0.490. The Morgan fingerprint density at radius 2 is 1.83 bits per heavy atom. The maximum Gasteiger partial charge on any atom is 0.247 e. The summed E-state index contributed by atoms with van der Waals surface area (Å²) >= 11 is 1.49. The predicted octanol–water partition coefficient (Wildman–Crippen LogP) is 4.47. The fourth-order valence-corrected chi connectivity index (χ4v) is 4.82. The van der Waals surface area contributed by atoms with Crippen molar-refractivity contribution in [3.05, 3.63) is 54.6 Å². The molecule has 1 aliphatic rings. The zero-order valence-corrected chi connectivity index (χ0v) is 20.7. The molecule has 1 aliphatic heterocycles. The SMILES string of the molecule is Cn1c(SCc2nnc(-c3ccc(OCCCN4CCCCC4)cc3)o2)nnc1-c1ccccn1. The smallest absolute Gasteiger partial charge is 0.247 e. The average molecular weight is 492 g/mol. The van der Waals surface area contributed by atoms with Gasteiger partial charge in [-0.15, -0.1) is 20.4 Å². The zero-order valence-electron chi connectivity index (χ0n) is 19.8.